The van der Waals surface area contributed by atoms with E-state index in [4.69, 9.17) is 4.74 Å². The number of nitrogens with zero attached hydrogens (tertiary/aromatic N) is 2. The van der Waals surface area contributed by atoms with Crippen molar-refractivity contribution in [3.8, 4) is 5.75 Å². The van der Waals surface area contributed by atoms with Crippen LogP contribution in [0.15, 0.2) is 53.4 Å². The summed E-state index contributed by atoms with van der Waals surface area (Å²) in [6.07, 6.45) is 5.20. The standard InChI is InChI=1S/C27H37N3O5S/c1-20-10-16-25(17-11-20)36(33,34)29(3)19-26(31)30(18-22-12-14-24(35-4)15-13-22)21(2)27(32)28-23-8-6-5-7-9-23/h10-17,21,23H,5-9,18-19H2,1-4H3,(H,28,32). The number of benzene rings is 2. The zero-order valence-electron chi connectivity index (χ0n) is 21.6. The van der Waals surface area contributed by atoms with Crippen molar-refractivity contribution in [2.24, 2.45) is 0 Å². The van der Waals surface area contributed by atoms with Crippen LogP contribution in [-0.2, 0) is 26.2 Å². The summed E-state index contributed by atoms with van der Waals surface area (Å²) in [6.45, 7) is 3.35. The number of aryl methyl sites for hydroxylation is 1. The van der Waals surface area contributed by atoms with Crippen LogP contribution in [0, 0.1) is 6.92 Å². The highest BCUT2D eigenvalue weighted by molar-refractivity contribution is 7.89. The molecule has 0 spiro atoms. The van der Waals surface area contributed by atoms with Crippen LogP contribution in [-0.4, -0.2) is 62.2 Å². The molecule has 1 aliphatic carbocycles. The molecule has 0 aliphatic heterocycles. The Morgan fingerprint density at radius 1 is 1.03 bits per heavy atom. The molecule has 196 valence electrons. The summed E-state index contributed by atoms with van der Waals surface area (Å²) in [5.74, 6) is 0.00625. The first-order chi connectivity index (χ1) is 17.1. The molecule has 1 unspecified atom stereocenters. The zero-order chi connectivity index (χ0) is 26.3. The molecular formula is C27H37N3O5S. The average molecular weight is 516 g/mol. The van der Waals surface area contributed by atoms with Gasteiger partial charge in [-0.15, -0.1) is 0 Å². The Morgan fingerprint density at radius 2 is 1.64 bits per heavy atom. The van der Waals surface area contributed by atoms with Crippen molar-refractivity contribution in [1.82, 2.24) is 14.5 Å². The van der Waals surface area contributed by atoms with Crippen LogP contribution in [0.2, 0.25) is 0 Å². The van der Waals surface area contributed by atoms with Gasteiger partial charge in [0, 0.05) is 19.6 Å². The molecule has 1 aliphatic rings. The highest BCUT2D eigenvalue weighted by Crippen LogP contribution is 2.20. The number of rotatable bonds is 10. The molecular weight excluding hydrogens is 478 g/mol. The molecule has 36 heavy (non-hydrogen) atoms. The monoisotopic (exact) mass is 515 g/mol. The van der Waals surface area contributed by atoms with E-state index in [0.717, 1.165) is 41.1 Å². The minimum absolute atomic E-state index is 0.108. The van der Waals surface area contributed by atoms with Crippen molar-refractivity contribution in [3.05, 3.63) is 59.7 Å². The van der Waals surface area contributed by atoms with Crippen LogP contribution in [0.4, 0.5) is 0 Å². The zero-order valence-corrected chi connectivity index (χ0v) is 22.4. The fourth-order valence-corrected chi connectivity index (χ4v) is 5.46. The SMILES string of the molecule is COc1ccc(CN(C(=O)CN(C)S(=O)(=O)c2ccc(C)cc2)C(C)C(=O)NC2CCCCC2)cc1. The van der Waals surface area contributed by atoms with Crippen LogP contribution >= 0.6 is 0 Å². The van der Waals surface area contributed by atoms with Crippen molar-refractivity contribution in [3.63, 3.8) is 0 Å². The van der Waals surface area contributed by atoms with E-state index in [1.165, 1.54) is 30.5 Å². The molecule has 0 heterocycles. The van der Waals surface area contributed by atoms with Gasteiger partial charge in [0.25, 0.3) is 0 Å². The molecule has 8 nitrogen and oxygen atoms in total. The maximum absolute atomic E-state index is 13.5. The van der Waals surface area contributed by atoms with Gasteiger partial charge in [0.2, 0.25) is 21.8 Å². The van der Waals surface area contributed by atoms with Gasteiger partial charge in [-0.1, -0.05) is 49.1 Å². The fraction of sp³-hybridized carbons (Fsp3) is 0.481. The minimum Gasteiger partial charge on any atom is -0.497 e. The Labute approximate surface area is 214 Å². The van der Waals surface area contributed by atoms with Crippen LogP contribution in [0.1, 0.15) is 50.2 Å². The molecule has 1 atom stereocenters. The molecule has 3 rings (SSSR count). The normalized spacial score (nSPS) is 15.4. The summed E-state index contributed by atoms with van der Waals surface area (Å²) in [4.78, 5) is 28.2. The number of carbonyl (C=O) groups excluding carboxylic acids is 2. The molecule has 2 amide bonds. The van der Waals surface area contributed by atoms with E-state index < -0.39 is 22.0 Å². The summed E-state index contributed by atoms with van der Waals surface area (Å²) < 4.78 is 32.4. The number of likely N-dealkylation sites (N-methyl/N-ethyl adjacent to an activating group) is 1. The Kier molecular flexibility index (Phi) is 9.50. The molecule has 1 N–H and O–H groups in total. The predicted octanol–water partition coefficient (Wildman–Crippen LogP) is 3.49. The largest absolute Gasteiger partial charge is 0.497 e. The molecule has 0 radical (unpaired) electrons. The first-order valence-electron chi connectivity index (χ1n) is 12.4. The summed E-state index contributed by atoms with van der Waals surface area (Å²) in [6, 6.07) is 13.1. The Hall–Kier alpha value is -2.91. The van der Waals surface area contributed by atoms with E-state index in [9.17, 15) is 18.0 Å². The Morgan fingerprint density at radius 3 is 2.22 bits per heavy atom. The third kappa shape index (κ3) is 7.07. The van der Waals surface area contributed by atoms with Gasteiger partial charge in [-0.3, -0.25) is 9.59 Å². The average Bonchev–Trinajstić information content (AvgIpc) is 2.88. The van der Waals surface area contributed by atoms with E-state index in [1.807, 2.05) is 19.1 Å². The second-order valence-corrected chi connectivity index (χ2v) is 11.5. The number of amides is 2. The first-order valence-corrected chi connectivity index (χ1v) is 13.8. The van der Waals surface area contributed by atoms with Gasteiger partial charge in [-0.05, 0) is 56.5 Å². The molecule has 0 aromatic heterocycles. The van der Waals surface area contributed by atoms with Gasteiger partial charge < -0.3 is 15.0 Å². The van der Waals surface area contributed by atoms with E-state index in [1.54, 1.807) is 38.3 Å². The van der Waals surface area contributed by atoms with Gasteiger partial charge in [-0.2, -0.15) is 4.31 Å². The maximum atomic E-state index is 13.5. The second kappa shape index (κ2) is 12.4. The quantitative estimate of drug-likeness (QED) is 0.523. The lowest BCUT2D eigenvalue weighted by atomic mass is 9.95. The highest BCUT2D eigenvalue weighted by atomic mass is 32.2. The number of hydrogen-bond donors (Lipinski definition) is 1. The highest BCUT2D eigenvalue weighted by Gasteiger charge is 2.31. The van der Waals surface area contributed by atoms with Crippen molar-refractivity contribution in [2.45, 2.75) is 69.5 Å². The lowest BCUT2D eigenvalue weighted by Gasteiger charge is -2.32. The number of ether oxygens (including phenoxy) is 1. The van der Waals surface area contributed by atoms with Crippen LogP contribution < -0.4 is 10.1 Å². The Balaban J connectivity index is 1.79. The van der Waals surface area contributed by atoms with Gasteiger partial charge in [0.15, 0.2) is 0 Å². The third-order valence-corrected chi connectivity index (χ3v) is 8.54. The number of sulfonamides is 1. The van der Waals surface area contributed by atoms with Crippen molar-refractivity contribution in [2.75, 3.05) is 20.7 Å². The van der Waals surface area contributed by atoms with E-state index in [-0.39, 0.29) is 29.9 Å². The third-order valence-electron chi connectivity index (χ3n) is 6.72. The van der Waals surface area contributed by atoms with Crippen LogP contribution in [0.3, 0.4) is 0 Å². The lowest BCUT2D eigenvalue weighted by Crippen LogP contribution is -2.52. The van der Waals surface area contributed by atoms with Gasteiger partial charge >= 0.3 is 0 Å². The van der Waals surface area contributed by atoms with Gasteiger partial charge in [-0.25, -0.2) is 8.42 Å². The lowest BCUT2D eigenvalue weighted by molar-refractivity contribution is -0.141. The number of carbonyl (C=O) groups is 2. The van der Waals surface area contributed by atoms with Crippen LogP contribution in [0.25, 0.3) is 0 Å². The van der Waals surface area contributed by atoms with E-state index in [0.29, 0.717) is 5.75 Å². The topological polar surface area (TPSA) is 96.0 Å². The van der Waals surface area contributed by atoms with E-state index >= 15 is 0 Å². The van der Waals surface area contributed by atoms with Crippen molar-refractivity contribution in [1.29, 1.82) is 0 Å². The first kappa shape index (κ1) is 27.7. The molecule has 2 aromatic rings. The maximum Gasteiger partial charge on any atom is 0.243 e. The van der Waals surface area contributed by atoms with Gasteiger partial charge in [0.1, 0.15) is 11.8 Å². The molecule has 0 saturated heterocycles. The summed E-state index contributed by atoms with van der Waals surface area (Å²) in [5.41, 5.74) is 1.75. The molecule has 1 fully saturated rings. The van der Waals surface area contributed by atoms with Crippen molar-refractivity contribution < 1.29 is 22.7 Å². The molecule has 2 aromatic carbocycles. The molecule has 9 heteroatoms. The predicted molar refractivity (Wildman–Crippen MR) is 139 cm³/mol. The van der Waals surface area contributed by atoms with E-state index in [2.05, 4.69) is 5.32 Å². The minimum atomic E-state index is -3.87. The number of nitrogens with one attached hydrogen (secondary N) is 1. The number of hydrogen-bond acceptors (Lipinski definition) is 5. The summed E-state index contributed by atoms with van der Waals surface area (Å²) >= 11 is 0. The van der Waals surface area contributed by atoms with Crippen LogP contribution in [0.5, 0.6) is 5.75 Å². The molecule has 1 saturated carbocycles. The Bertz CT molecular complexity index is 1130. The summed E-state index contributed by atoms with van der Waals surface area (Å²) in [7, 11) is -0.909. The second-order valence-electron chi connectivity index (χ2n) is 9.46. The van der Waals surface area contributed by atoms with Crippen molar-refractivity contribution >= 4 is 21.8 Å². The summed E-state index contributed by atoms with van der Waals surface area (Å²) in [5, 5.41) is 3.09. The van der Waals surface area contributed by atoms with Gasteiger partial charge in [0.05, 0.1) is 18.6 Å². The fourth-order valence-electron chi connectivity index (χ4n) is 4.34. The number of methoxy groups -OCH3 is 1. The molecule has 0 bridgehead atoms. The smallest absolute Gasteiger partial charge is 0.243 e.